The maximum Gasteiger partial charge on any atom is 0.254 e. The molecule has 8 heteroatoms. The smallest absolute Gasteiger partial charge is 0.254 e. The first-order valence-electron chi connectivity index (χ1n) is 15.3. The van der Waals surface area contributed by atoms with Gasteiger partial charge in [-0.2, -0.15) is 0 Å². The van der Waals surface area contributed by atoms with Gasteiger partial charge in [-0.25, -0.2) is 4.39 Å². The van der Waals surface area contributed by atoms with Gasteiger partial charge in [-0.3, -0.25) is 14.5 Å². The third-order valence-corrected chi connectivity index (χ3v) is 9.97. The Bertz CT molecular complexity index is 1320. The molecule has 0 spiro atoms. The van der Waals surface area contributed by atoms with E-state index >= 15 is 0 Å². The maximum absolute atomic E-state index is 13.9. The van der Waals surface area contributed by atoms with Crippen LogP contribution >= 0.6 is 11.3 Å². The SMILES string of the molecule is Cc1ccccc1CN(Cc1cccs1)C1CCN(C(=O)c2ccc(F)cc2)[C@@H](C(=O)NCC2CCCC(CN)C2)C1. The fourth-order valence-electron chi connectivity index (χ4n) is 6.62. The van der Waals surface area contributed by atoms with Gasteiger partial charge in [-0.05, 0) is 104 Å². The van der Waals surface area contributed by atoms with Crippen LogP contribution in [-0.2, 0) is 17.9 Å². The average molecular weight is 591 g/mol. The Morgan fingerprint density at radius 1 is 1.00 bits per heavy atom. The van der Waals surface area contributed by atoms with E-state index in [-0.39, 0.29) is 23.7 Å². The highest BCUT2D eigenvalue weighted by atomic mass is 32.1. The summed E-state index contributed by atoms with van der Waals surface area (Å²) in [6.07, 6.45) is 5.73. The van der Waals surface area contributed by atoms with Crippen molar-refractivity contribution in [2.24, 2.45) is 17.6 Å². The predicted octanol–water partition coefficient (Wildman–Crippen LogP) is 5.75. The molecule has 1 aliphatic heterocycles. The molecular formula is C34H43FN4O2S. The Morgan fingerprint density at radius 3 is 2.52 bits per heavy atom. The number of nitrogens with one attached hydrogen (secondary N) is 1. The predicted molar refractivity (Wildman–Crippen MR) is 167 cm³/mol. The van der Waals surface area contributed by atoms with Gasteiger partial charge >= 0.3 is 0 Å². The number of nitrogens with zero attached hydrogens (tertiary/aromatic N) is 2. The number of benzene rings is 2. The minimum absolute atomic E-state index is 0.100. The molecule has 3 unspecified atom stereocenters. The Labute approximate surface area is 253 Å². The third kappa shape index (κ3) is 7.65. The molecular weight excluding hydrogens is 547 g/mol. The number of nitrogens with two attached hydrogens (primary N) is 1. The second-order valence-corrected chi connectivity index (χ2v) is 13.0. The Morgan fingerprint density at radius 2 is 1.79 bits per heavy atom. The van der Waals surface area contributed by atoms with Gasteiger partial charge in [0.05, 0.1) is 0 Å². The number of thiophene rings is 1. The normalized spacial score (nSPS) is 22.7. The van der Waals surface area contributed by atoms with Crippen LogP contribution in [0.4, 0.5) is 4.39 Å². The number of halogens is 1. The molecule has 4 atom stereocenters. The first-order chi connectivity index (χ1) is 20.4. The fourth-order valence-corrected chi connectivity index (χ4v) is 7.35. The first kappa shape index (κ1) is 30.4. The van der Waals surface area contributed by atoms with Crippen LogP contribution in [0.15, 0.2) is 66.0 Å². The zero-order valence-electron chi connectivity index (χ0n) is 24.5. The number of piperidine rings is 1. The van der Waals surface area contributed by atoms with E-state index in [1.807, 2.05) is 0 Å². The number of carbonyl (C=O) groups is 2. The van der Waals surface area contributed by atoms with Crippen LogP contribution in [0.2, 0.25) is 0 Å². The van der Waals surface area contributed by atoms with Crippen molar-refractivity contribution in [1.29, 1.82) is 0 Å². The maximum atomic E-state index is 13.9. The summed E-state index contributed by atoms with van der Waals surface area (Å²) in [6.45, 7) is 5.47. The Kier molecular flexibility index (Phi) is 10.4. The third-order valence-electron chi connectivity index (χ3n) is 9.11. The molecule has 1 saturated heterocycles. The lowest BCUT2D eigenvalue weighted by Gasteiger charge is -2.43. The van der Waals surface area contributed by atoms with Gasteiger partial charge in [0.25, 0.3) is 5.91 Å². The average Bonchev–Trinajstić information content (AvgIpc) is 3.54. The topological polar surface area (TPSA) is 78.7 Å². The van der Waals surface area contributed by atoms with Crippen LogP contribution in [0.3, 0.4) is 0 Å². The number of amides is 2. The molecule has 224 valence electrons. The van der Waals surface area contributed by atoms with Crippen molar-refractivity contribution in [2.45, 2.75) is 70.6 Å². The molecule has 2 amide bonds. The standard InChI is InChI=1S/C34H43FN4O2S/c1-24-6-2-3-9-28(24)22-38(23-31-10-5-17-42-31)30-15-16-39(34(41)27-11-13-29(35)14-12-27)32(19-30)33(40)37-21-26-8-4-7-25(18-26)20-36/h2-3,5-6,9-14,17,25-26,30,32H,4,7-8,15-16,18-23,36H2,1H3,(H,37,40)/t25?,26?,30?,32-/m1/s1. The lowest BCUT2D eigenvalue weighted by molar-refractivity contribution is -0.128. The van der Waals surface area contributed by atoms with Gasteiger partial charge in [-0.15, -0.1) is 11.3 Å². The van der Waals surface area contributed by atoms with Crippen molar-refractivity contribution >= 4 is 23.2 Å². The van der Waals surface area contributed by atoms with Crippen molar-refractivity contribution in [3.8, 4) is 0 Å². The van der Waals surface area contributed by atoms with Crippen molar-refractivity contribution in [1.82, 2.24) is 15.1 Å². The zero-order chi connectivity index (χ0) is 29.5. The summed E-state index contributed by atoms with van der Waals surface area (Å²) in [5, 5.41) is 5.33. The van der Waals surface area contributed by atoms with Gasteiger partial charge in [0.2, 0.25) is 5.91 Å². The molecule has 0 radical (unpaired) electrons. The molecule has 1 aliphatic carbocycles. The number of aryl methyl sites for hydroxylation is 1. The molecule has 2 aliphatic rings. The summed E-state index contributed by atoms with van der Waals surface area (Å²) in [6, 6.07) is 17.8. The fraction of sp³-hybridized carbons (Fsp3) is 0.471. The zero-order valence-corrected chi connectivity index (χ0v) is 25.3. The highest BCUT2D eigenvalue weighted by Gasteiger charge is 2.39. The quantitative estimate of drug-likeness (QED) is 0.315. The number of hydrogen-bond donors (Lipinski definition) is 2. The van der Waals surface area contributed by atoms with Gasteiger partial charge < -0.3 is 16.0 Å². The van der Waals surface area contributed by atoms with Gasteiger partial charge in [0.15, 0.2) is 0 Å². The number of likely N-dealkylation sites (tertiary alicyclic amines) is 1. The number of rotatable bonds is 10. The lowest BCUT2D eigenvalue weighted by Crippen LogP contribution is -2.57. The highest BCUT2D eigenvalue weighted by molar-refractivity contribution is 7.09. The van der Waals surface area contributed by atoms with E-state index in [1.54, 1.807) is 16.2 Å². The highest BCUT2D eigenvalue weighted by Crippen LogP contribution is 2.30. The van der Waals surface area contributed by atoms with Crippen LogP contribution in [0.25, 0.3) is 0 Å². The van der Waals surface area contributed by atoms with Crippen molar-refractivity contribution in [3.63, 3.8) is 0 Å². The molecule has 6 nitrogen and oxygen atoms in total. The van der Waals surface area contributed by atoms with Crippen molar-refractivity contribution < 1.29 is 14.0 Å². The van der Waals surface area contributed by atoms with E-state index < -0.39 is 6.04 Å². The molecule has 5 rings (SSSR count). The van der Waals surface area contributed by atoms with E-state index in [4.69, 9.17) is 5.73 Å². The van der Waals surface area contributed by atoms with Crippen molar-refractivity contribution in [2.75, 3.05) is 19.6 Å². The summed E-state index contributed by atoms with van der Waals surface area (Å²) in [5.41, 5.74) is 8.87. The monoisotopic (exact) mass is 590 g/mol. The van der Waals surface area contributed by atoms with E-state index in [1.165, 1.54) is 40.3 Å². The van der Waals surface area contributed by atoms with Crippen molar-refractivity contribution in [3.05, 3.63) is 93.4 Å². The van der Waals surface area contributed by atoms with Crippen LogP contribution in [0.1, 0.15) is 64.9 Å². The number of hydrogen-bond acceptors (Lipinski definition) is 5. The lowest BCUT2D eigenvalue weighted by atomic mass is 9.81. The molecule has 1 saturated carbocycles. The molecule has 2 aromatic carbocycles. The van der Waals surface area contributed by atoms with E-state index in [2.05, 4.69) is 58.9 Å². The molecule has 2 fully saturated rings. The van der Waals surface area contributed by atoms with E-state index in [9.17, 15) is 14.0 Å². The second kappa shape index (κ2) is 14.4. The van der Waals surface area contributed by atoms with Crippen LogP contribution in [0.5, 0.6) is 0 Å². The minimum atomic E-state index is -0.599. The van der Waals surface area contributed by atoms with E-state index in [0.717, 1.165) is 45.2 Å². The molecule has 3 N–H and O–H groups in total. The molecule has 2 heterocycles. The van der Waals surface area contributed by atoms with Crippen LogP contribution < -0.4 is 11.1 Å². The van der Waals surface area contributed by atoms with Gasteiger partial charge in [-0.1, -0.05) is 36.8 Å². The first-order valence-corrected chi connectivity index (χ1v) is 16.1. The number of carbonyl (C=O) groups excluding carboxylic acids is 2. The largest absolute Gasteiger partial charge is 0.354 e. The summed E-state index contributed by atoms with van der Waals surface area (Å²) in [5.74, 6) is 0.218. The van der Waals surface area contributed by atoms with E-state index in [0.29, 0.717) is 43.5 Å². The summed E-state index contributed by atoms with van der Waals surface area (Å²) in [7, 11) is 0. The summed E-state index contributed by atoms with van der Waals surface area (Å²) in [4.78, 5) is 33.0. The summed E-state index contributed by atoms with van der Waals surface area (Å²) < 4.78 is 13.6. The van der Waals surface area contributed by atoms with Crippen LogP contribution in [-0.4, -0.2) is 53.3 Å². The molecule has 0 bridgehead atoms. The van der Waals surface area contributed by atoms with Gasteiger partial charge in [0.1, 0.15) is 11.9 Å². The molecule has 42 heavy (non-hydrogen) atoms. The summed E-state index contributed by atoms with van der Waals surface area (Å²) >= 11 is 1.74. The minimum Gasteiger partial charge on any atom is -0.354 e. The molecule has 3 aromatic rings. The molecule has 1 aromatic heterocycles. The van der Waals surface area contributed by atoms with Gasteiger partial charge in [0, 0.05) is 42.7 Å². The Balaban J connectivity index is 1.36. The van der Waals surface area contributed by atoms with Crippen LogP contribution in [0, 0.1) is 24.6 Å². The second-order valence-electron chi connectivity index (χ2n) is 12.0. The Hall–Kier alpha value is -3.07.